The Hall–Kier alpha value is -1.27. The fourth-order valence-electron chi connectivity index (χ4n) is 1.21. The molecular weight excluding hydrogens is 249 g/mol. The van der Waals surface area contributed by atoms with Crippen molar-refractivity contribution in [2.45, 2.75) is 5.03 Å². The molecular formula is C10H8FNO2S2. The van der Waals surface area contributed by atoms with Gasteiger partial charge in [-0.2, -0.15) is 4.37 Å². The summed E-state index contributed by atoms with van der Waals surface area (Å²) in [4.78, 5) is 0.639. The van der Waals surface area contributed by atoms with Crippen LogP contribution in [0.25, 0.3) is 10.4 Å². The second-order valence-electron chi connectivity index (χ2n) is 3.31. The molecule has 6 heteroatoms. The van der Waals surface area contributed by atoms with Crippen LogP contribution in [0.2, 0.25) is 0 Å². The van der Waals surface area contributed by atoms with Crippen molar-refractivity contribution in [1.82, 2.24) is 4.37 Å². The van der Waals surface area contributed by atoms with Crippen LogP contribution in [0.5, 0.6) is 0 Å². The zero-order valence-electron chi connectivity index (χ0n) is 8.34. The van der Waals surface area contributed by atoms with Crippen LogP contribution in [0.3, 0.4) is 0 Å². The van der Waals surface area contributed by atoms with Gasteiger partial charge >= 0.3 is 0 Å². The van der Waals surface area contributed by atoms with Crippen LogP contribution < -0.4 is 0 Å². The highest BCUT2D eigenvalue weighted by Crippen LogP contribution is 2.26. The van der Waals surface area contributed by atoms with Crippen molar-refractivity contribution in [2.75, 3.05) is 6.26 Å². The van der Waals surface area contributed by atoms with Gasteiger partial charge in [-0.1, -0.05) is 12.1 Å². The average Bonchev–Trinajstić information content (AvgIpc) is 2.65. The summed E-state index contributed by atoms with van der Waals surface area (Å²) in [5.41, 5.74) is 0.632. The van der Waals surface area contributed by atoms with E-state index in [0.29, 0.717) is 10.4 Å². The normalized spacial score (nSPS) is 11.6. The number of benzene rings is 1. The smallest absolute Gasteiger partial charge is 0.193 e. The van der Waals surface area contributed by atoms with Gasteiger partial charge in [0.05, 0.1) is 4.88 Å². The fourth-order valence-corrected chi connectivity index (χ4v) is 2.91. The molecule has 0 spiro atoms. The molecule has 2 aromatic rings. The van der Waals surface area contributed by atoms with Crippen LogP contribution in [0.15, 0.2) is 35.4 Å². The molecule has 0 fully saturated rings. The first kappa shape index (κ1) is 11.2. The third kappa shape index (κ3) is 2.28. The van der Waals surface area contributed by atoms with Crippen LogP contribution in [0.4, 0.5) is 4.39 Å². The van der Waals surface area contributed by atoms with Gasteiger partial charge in [0.1, 0.15) is 5.82 Å². The van der Waals surface area contributed by atoms with E-state index >= 15 is 0 Å². The van der Waals surface area contributed by atoms with E-state index in [9.17, 15) is 12.8 Å². The van der Waals surface area contributed by atoms with Crippen LogP contribution in [0.1, 0.15) is 0 Å². The standard InChI is InChI=1S/C10H8FNO2S2/c1-16(13,14)10-6-9(15-12-10)7-3-2-4-8(11)5-7/h2-6H,1H3. The molecule has 3 nitrogen and oxygen atoms in total. The van der Waals surface area contributed by atoms with Crippen molar-refractivity contribution in [3.63, 3.8) is 0 Å². The molecule has 1 heterocycles. The molecule has 0 unspecified atom stereocenters. The second-order valence-corrected chi connectivity index (χ2v) is 6.08. The Morgan fingerprint density at radius 3 is 2.62 bits per heavy atom. The monoisotopic (exact) mass is 257 g/mol. The largest absolute Gasteiger partial charge is 0.222 e. The number of nitrogens with zero attached hydrogens (tertiary/aromatic N) is 1. The van der Waals surface area contributed by atoms with Gasteiger partial charge in [-0.05, 0) is 35.3 Å². The molecule has 0 saturated heterocycles. The molecule has 2 rings (SSSR count). The Morgan fingerprint density at radius 1 is 1.31 bits per heavy atom. The molecule has 0 bridgehead atoms. The lowest BCUT2D eigenvalue weighted by Gasteiger charge is -1.95. The topological polar surface area (TPSA) is 47.0 Å². The lowest BCUT2D eigenvalue weighted by molar-refractivity contribution is 0.599. The minimum atomic E-state index is -3.29. The van der Waals surface area contributed by atoms with Gasteiger partial charge in [-0.15, -0.1) is 0 Å². The zero-order valence-corrected chi connectivity index (χ0v) is 9.98. The maximum Gasteiger partial charge on any atom is 0.193 e. The quantitative estimate of drug-likeness (QED) is 0.829. The first-order valence-corrected chi connectivity index (χ1v) is 7.06. The SMILES string of the molecule is CS(=O)(=O)c1cc(-c2cccc(F)c2)sn1. The first-order valence-electron chi connectivity index (χ1n) is 4.39. The highest BCUT2D eigenvalue weighted by Gasteiger charge is 2.13. The molecule has 0 aliphatic heterocycles. The second kappa shape index (κ2) is 3.95. The number of sulfone groups is 1. The summed E-state index contributed by atoms with van der Waals surface area (Å²) in [7, 11) is -3.29. The third-order valence-electron chi connectivity index (χ3n) is 1.98. The lowest BCUT2D eigenvalue weighted by Crippen LogP contribution is -1.95. The predicted molar refractivity (Wildman–Crippen MR) is 60.6 cm³/mol. The Kier molecular flexibility index (Phi) is 2.77. The molecule has 0 amide bonds. The number of aromatic nitrogens is 1. The van der Waals surface area contributed by atoms with Crippen LogP contribution in [0, 0.1) is 5.82 Å². The molecule has 1 aromatic carbocycles. The fraction of sp³-hybridized carbons (Fsp3) is 0.100. The highest BCUT2D eigenvalue weighted by molar-refractivity contribution is 7.90. The minimum absolute atomic E-state index is 0.0248. The minimum Gasteiger partial charge on any atom is -0.222 e. The van der Waals surface area contributed by atoms with E-state index in [-0.39, 0.29) is 10.8 Å². The molecule has 84 valence electrons. The van der Waals surface area contributed by atoms with Crippen molar-refractivity contribution >= 4 is 21.4 Å². The van der Waals surface area contributed by atoms with E-state index in [0.717, 1.165) is 17.8 Å². The van der Waals surface area contributed by atoms with E-state index in [1.807, 2.05) is 0 Å². The summed E-state index contributed by atoms with van der Waals surface area (Å²) in [6.07, 6.45) is 1.09. The van der Waals surface area contributed by atoms with Gasteiger partial charge in [0.25, 0.3) is 0 Å². The number of rotatable bonds is 2. The van der Waals surface area contributed by atoms with Gasteiger partial charge in [0, 0.05) is 6.26 Å². The summed E-state index contributed by atoms with van der Waals surface area (Å²) in [5.74, 6) is -0.355. The van der Waals surface area contributed by atoms with Gasteiger partial charge in [-0.3, -0.25) is 0 Å². The van der Waals surface area contributed by atoms with Crippen molar-refractivity contribution in [3.05, 3.63) is 36.1 Å². The summed E-state index contributed by atoms with van der Waals surface area (Å²) in [5, 5.41) is 0.0248. The van der Waals surface area contributed by atoms with E-state index in [4.69, 9.17) is 0 Å². The number of hydrogen-bond acceptors (Lipinski definition) is 4. The summed E-state index contributed by atoms with van der Waals surface area (Å²) < 4.78 is 39.2. The van der Waals surface area contributed by atoms with E-state index < -0.39 is 9.84 Å². The van der Waals surface area contributed by atoms with Crippen LogP contribution >= 0.6 is 11.5 Å². The van der Waals surface area contributed by atoms with Gasteiger partial charge in [0.2, 0.25) is 0 Å². The Balaban J connectivity index is 2.47. The third-order valence-corrected chi connectivity index (χ3v) is 3.90. The Labute approximate surface area is 96.6 Å². The summed E-state index contributed by atoms with van der Waals surface area (Å²) >= 11 is 1.04. The zero-order chi connectivity index (χ0) is 11.8. The molecule has 1 aromatic heterocycles. The first-order chi connectivity index (χ1) is 7.47. The predicted octanol–water partition coefficient (Wildman–Crippen LogP) is 2.35. The van der Waals surface area contributed by atoms with Gasteiger partial charge in [-0.25, -0.2) is 12.8 Å². The molecule has 0 aliphatic rings. The molecule has 0 aliphatic carbocycles. The van der Waals surface area contributed by atoms with Crippen LogP contribution in [-0.2, 0) is 9.84 Å². The number of hydrogen-bond donors (Lipinski definition) is 0. The van der Waals surface area contributed by atoms with E-state index in [2.05, 4.69) is 4.37 Å². The van der Waals surface area contributed by atoms with Crippen molar-refractivity contribution in [3.8, 4) is 10.4 Å². The average molecular weight is 257 g/mol. The highest BCUT2D eigenvalue weighted by atomic mass is 32.2. The summed E-state index contributed by atoms with van der Waals surface area (Å²) in [6.45, 7) is 0. The lowest BCUT2D eigenvalue weighted by atomic mass is 10.2. The van der Waals surface area contributed by atoms with E-state index in [1.54, 1.807) is 12.1 Å². The van der Waals surface area contributed by atoms with E-state index in [1.165, 1.54) is 18.2 Å². The number of halogens is 1. The molecule has 0 N–H and O–H groups in total. The van der Waals surface area contributed by atoms with Crippen molar-refractivity contribution in [2.24, 2.45) is 0 Å². The maximum absolute atomic E-state index is 13.0. The molecule has 0 atom stereocenters. The Morgan fingerprint density at radius 2 is 2.06 bits per heavy atom. The molecule has 0 radical (unpaired) electrons. The van der Waals surface area contributed by atoms with Crippen LogP contribution in [-0.4, -0.2) is 19.0 Å². The van der Waals surface area contributed by atoms with Gasteiger partial charge < -0.3 is 0 Å². The van der Waals surface area contributed by atoms with Gasteiger partial charge in [0.15, 0.2) is 14.9 Å². The van der Waals surface area contributed by atoms with Crippen molar-refractivity contribution in [1.29, 1.82) is 0 Å². The molecule has 0 saturated carbocycles. The maximum atomic E-state index is 13.0. The molecule has 16 heavy (non-hydrogen) atoms. The van der Waals surface area contributed by atoms with Crippen molar-refractivity contribution < 1.29 is 12.8 Å². The summed E-state index contributed by atoms with van der Waals surface area (Å²) in [6, 6.07) is 7.42. The Bertz CT molecular complexity index is 619.